The van der Waals surface area contributed by atoms with Crippen LogP contribution in [0.1, 0.15) is 48.9 Å². The smallest absolute Gasteiger partial charge is 0.259 e. The summed E-state index contributed by atoms with van der Waals surface area (Å²) in [6.45, 7) is 8.23. The fourth-order valence-electron chi connectivity index (χ4n) is 4.15. The van der Waals surface area contributed by atoms with Crippen LogP contribution in [-0.2, 0) is 6.67 Å². The van der Waals surface area contributed by atoms with Crippen molar-refractivity contribution in [2.45, 2.75) is 59.5 Å². The molecule has 28 heavy (non-hydrogen) atoms. The summed E-state index contributed by atoms with van der Waals surface area (Å²) in [7, 11) is 0. The van der Waals surface area contributed by atoms with Gasteiger partial charge in [-0.05, 0) is 70.6 Å². The van der Waals surface area contributed by atoms with E-state index in [0.717, 1.165) is 42.5 Å². The summed E-state index contributed by atoms with van der Waals surface area (Å²) in [4.78, 5) is 22.3. The van der Waals surface area contributed by atoms with Gasteiger partial charge in [0, 0.05) is 23.5 Å². The first-order valence-electron chi connectivity index (χ1n) is 10.4. The Bertz CT molecular complexity index is 960. The van der Waals surface area contributed by atoms with Gasteiger partial charge in [-0.1, -0.05) is 23.8 Å². The molecule has 5 heteroatoms. The minimum absolute atomic E-state index is 0.0711. The van der Waals surface area contributed by atoms with Crippen molar-refractivity contribution < 1.29 is 0 Å². The van der Waals surface area contributed by atoms with Gasteiger partial charge < -0.3 is 0 Å². The van der Waals surface area contributed by atoms with Crippen molar-refractivity contribution in [1.82, 2.24) is 14.5 Å². The van der Waals surface area contributed by atoms with Gasteiger partial charge in [-0.2, -0.15) is 0 Å². The highest BCUT2D eigenvalue weighted by Gasteiger charge is 2.27. The highest BCUT2D eigenvalue weighted by atomic mass is 16.1. The van der Waals surface area contributed by atoms with E-state index in [4.69, 9.17) is 4.98 Å². The topological polar surface area (TPSA) is 41.4 Å². The molecule has 4 rings (SSSR count). The highest BCUT2D eigenvalue weighted by molar-refractivity contribution is 5.59. The van der Waals surface area contributed by atoms with E-state index < -0.39 is 0 Å². The molecule has 1 aliphatic carbocycles. The van der Waals surface area contributed by atoms with Crippen molar-refractivity contribution >= 4 is 11.6 Å². The van der Waals surface area contributed by atoms with Crippen LogP contribution in [0.25, 0.3) is 0 Å². The standard InChI is InChI=1S/C23H30N4O/c1-17-8-7-11-21(14-17)26-15-25(13-12-20-9-5-4-6-10-20)16-27-22(28)18(2)19(3)24-23(26)27/h7-9,11,14H,4-6,10,12-13,15-16H2,1-3H3. The lowest BCUT2D eigenvalue weighted by atomic mass is 9.97. The number of anilines is 2. The second kappa shape index (κ2) is 7.92. The van der Waals surface area contributed by atoms with E-state index in [0.29, 0.717) is 6.67 Å². The fraction of sp³-hybridized carbons (Fsp3) is 0.478. The van der Waals surface area contributed by atoms with E-state index in [1.54, 1.807) is 5.57 Å². The van der Waals surface area contributed by atoms with Crippen LogP contribution in [0.5, 0.6) is 0 Å². The molecule has 0 N–H and O–H groups in total. The second-order valence-corrected chi connectivity index (χ2v) is 8.16. The molecule has 5 nitrogen and oxygen atoms in total. The van der Waals surface area contributed by atoms with E-state index >= 15 is 0 Å². The number of allylic oxidation sites excluding steroid dienone is 1. The number of nitrogens with zero attached hydrogens (tertiary/aromatic N) is 4. The van der Waals surface area contributed by atoms with Gasteiger partial charge in [0.2, 0.25) is 5.95 Å². The molecule has 0 atom stereocenters. The van der Waals surface area contributed by atoms with Crippen LogP contribution in [0.2, 0.25) is 0 Å². The Kier molecular flexibility index (Phi) is 5.36. The SMILES string of the molecule is Cc1cccc(N2CN(CCC3=CCCCC3)Cn3c2nc(C)c(C)c3=O)c1. The van der Waals surface area contributed by atoms with Crippen LogP contribution in [0, 0.1) is 20.8 Å². The molecular formula is C23H30N4O. The molecule has 0 saturated carbocycles. The minimum atomic E-state index is 0.0711. The Morgan fingerprint density at radius 3 is 2.71 bits per heavy atom. The summed E-state index contributed by atoms with van der Waals surface area (Å²) in [5.41, 5.74) is 5.50. The summed E-state index contributed by atoms with van der Waals surface area (Å²) in [5, 5.41) is 0. The third-order valence-corrected chi connectivity index (χ3v) is 5.99. The van der Waals surface area contributed by atoms with Gasteiger partial charge in [0.1, 0.15) is 0 Å². The largest absolute Gasteiger partial charge is 0.298 e. The van der Waals surface area contributed by atoms with E-state index in [1.165, 1.54) is 31.2 Å². The summed E-state index contributed by atoms with van der Waals surface area (Å²) in [5.74, 6) is 0.756. The molecule has 2 aromatic rings. The Morgan fingerprint density at radius 2 is 1.96 bits per heavy atom. The van der Waals surface area contributed by atoms with Gasteiger partial charge in [0.15, 0.2) is 0 Å². The Hall–Kier alpha value is -2.40. The van der Waals surface area contributed by atoms with Crippen LogP contribution in [0.15, 0.2) is 40.7 Å². The first kappa shape index (κ1) is 18.9. The Morgan fingerprint density at radius 1 is 1.11 bits per heavy atom. The fourth-order valence-corrected chi connectivity index (χ4v) is 4.15. The Labute approximate surface area is 167 Å². The summed E-state index contributed by atoms with van der Waals surface area (Å²) in [6, 6.07) is 8.44. The number of fused-ring (bicyclic) bond motifs is 1. The van der Waals surface area contributed by atoms with Crippen molar-refractivity contribution in [2.24, 2.45) is 0 Å². The molecule has 0 fully saturated rings. The number of hydrogen-bond acceptors (Lipinski definition) is 4. The van der Waals surface area contributed by atoms with Gasteiger partial charge in [0.25, 0.3) is 5.56 Å². The van der Waals surface area contributed by atoms with E-state index in [9.17, 15) is 4.79 Å². The van der Waals surface area contributed by atoms with Crippen LogP contribution in [-0.4, -0.2) is 27.7 Å². The quantitative estimate of drug-likeness (QED) is 0.738. The van der Waals surface area contributed by atoms with E-state index in [2.05, 4.69) is 47.1 Å². The molecular weight excluding hydrogens is 348 g/mol. The van der Waals surface area contributed by atoms with Crippen LogP contribution < -0.4 is 10.5 Å². The van der Waals surface area contributed by atoms with Crippen LogP contribution >= 0.6 is 0 Å². The highest BCUT2D eigenvalue weighted by Crippen LogP contribution is 2.29. The lowest BCUT2D eigenvalue weighted by Gasteiger charge is -2.38. The molecule has 0 unspecified atom stereocenters. The molecule has 2 heterocycles. The van der Waals surface area contributed by atoms with Crippen LogP contribution in [0.3, 0.4) is 0 Å². The van der Waals surface area contributed by atoms with Gasteiger partial charge >= 0.3 is 0 Å². The average Bonchev–Trinajstić information content (AvgIpc) is 2.71. The summed E-state index contributed by atoms with van der Waals surface area (Å²) >= 11 is 0. The van der Waals surface area contributed by atoms with Crippen molar-refractivity contribution in [3.63, 3.8) is 0 Å². The summed E-state index contributed by atoms with van der Waals surface area (Å²) in [6.07, 6.45) is 8.58. The van der Waals surface area contributed by atoms with E-state index in [-0.39, 0.29) is 5.56 Å². The summed E-state index contributed by atoms with van der Waals surface area (Å²) < 4.78 is 1.84. The maximum absolute atomic E-state index is 13.0. The van der Waals surface area contributed by atoms with Crippen molar-refractivity contribution in [1.29, 1.82) is 0 Å². The maximum atomic E-state index is 13.0. The zero-order valence-corrected chi connectivity index (χ0v) is 17.2. The van der Waals surface area contributed by atoms with Gasteiger partial charge in [-0.3, -0.25) is 19.2 Å². The number of aromatic nitrogens is 2. The molecule has 148 valence electrons. The zero-order chi connectivity index (χ0) is 19.7. The average molecular weight is 379 g/mol. The molecule has 1 aromatic heterocycles. The van der Waals surface area contributed by atoms with E-state index in [1.807, 2.05) is 18.4 Å². The molecule has 2 aliphatic rings. The minimum Gasteiger partial charge on any atom is -0.298 e. The third kappa shape index (κ3) is 3.76. The lowest BCUT2D eigenvalue weighted by molar-refractivity contribution is 0.199. The van der Waals surface area contributed by atoms with Gasteiger partial charge in [-0.15, -0.1) is 0 Å². The van der Waals surface area contributed by atoms with Crippen molar-refractivity contribution in [2.75, 3.05) is 18.1 Å². The van der Waals surface area contributed by atoms with Crippen molar-refractivity contribution in [3.05, 3.63) is 63.1 Å². The van der Waals surface area contributed by atoms with Crippen molar-refractivity contribution in [3.8, 4) is 0 Å². The first-order valence-corrected chi connectivity index (χ1v) is 10.4. The first-order chi connectivity index (χ1) is 13.5. The molecule has 1 aliphatic heterocycles. The number of benzene rings is 1. The Balaban J connectivity index is 1.67. The predicted octanol–water partition coefficient (Wildman–Crippen LogP) is 4.43. The lowest BCUT2D eigenvalue weighted by Crippen LogP contribution is -2.48. The number of hydrogen-bond donors (Lipinski definition) is 0. The second-order valence-electron chi connectivity index (χ2n) is 8.16. The molecule has 0 saturated heterocycles. The molecule has 0 amide bonds. The molecule has 0 radical (unpaired) electrons. The van der Waals surface area contributed by atoms with Crippen LogP contribution in [0.4, 0.5) is 11.6 Å². The third-order valence-electron chi connectivity index (χ3n) is 5.99. The maximum Gasteiger partial charge on any atom is 0.259 e. The zero-order valence-electron chi connectivity index (χ0n) is 17.2. The molecule has 0 spiro atoms. The molecule has 0 bridgehead atoms. The number of rotatable bonds is 4. The monoisotopic (exact) mass is 378 g/mol. The predicted molar refractivity (Wildman–Crippen MR) is 114 cm³/mol. The number of aryl methyl sites for hydroxylation is 2. The normalized spacial score (nSPS) is 17.4. The molecule has 1 aromatic carbocycles. The van der Waals surface area contributed by atoms with Gasteiger partial charge in [-0.25, -0.2) is 4.98 Å². The van der Waals surface area contributed by atoms with Gasteiger partial charge in [0.05, 0.1) is 13.3 Å².